The van der Waals surface area contributed by atoms with E-state index in [1.165, 1.54) is 18.3 Å². The number of nitrogens with zero attached hydrogens (tertiary/aromatic N) is 1. The number of aromatic carboxylic acids is 1. The van der Waals surface area contributed by atoms with E-state index in [2.05, 4.69) is 42.2 Å². The van der Waals surface area contributed by atoms with Crippen molar-refractivity contribution in [1.82, 2.24) is 4.98 Å². The molecule has 0 saturated heterocycles. The predicted octanol–water partition coefficient (Wildman–Crippen LogP) is 3.39. The molecule has 0 spiro atoms. The van der Waals surface area contributed by atoms with Crippen molar-refractivity contribution in [2.45, 2.75) is 5.03 Å². The van der Waals surface area contributed by atoms with E-state index >= 15 is 0 Å². The van der Waals surface area contributed by atoms with Gasteiger partial charge < -0.3 is 10.4 Å². The van der Waals surface area contributed by atoms with E-state index in [1.54, 1.807) is 0 Å². The van der Waals surface area contributed by atoms with Crippen LogP contribution in [0, 0.1) is 0 Å². The van der Waals surface area contributed by atoms with Gasteiger partial charge in [0, 0.05) is 20.8 Å². The SMILES string of the molecule is O=C(CNc1cc(Br)ccc1Br)Sc1ncccc1C(=O)O.[KH]. The fourth-order valence-electron chi connectivity index (χ4n) is 1.58. The molecule has 116 valence electrons. The Morgan fingerprint density at radius 1 is 1.26 bits per heavy atom. The number of nitrogens with one attached hydrogen (secondary N) is 1. The van der Waals surface area contributed by atoms with Crippen LogP contribution in [-0.4, -0.2) is 79.1 Å². The number of carbonyl (C=O) groups is 2. The quantitative estimate of drug-likeness (QED) is 0.499. The first-order valence-electron chi connectivity index (χ1n) is 6.05. The van der Waals surface area contributed by atoms with Gasteiger partial charge >= 0.3 is 57.4 Å². The van der Waals surface area contributed by atoms with Gasteiger partial charge in [-0.1, -0.05) is 15.9 Å². The number of benzene rings is 1. The van der Waals surface area contributed by atoms with Crippen LogP contribution in [0.5, 0.6) is 0 Å². The van der Waals surface area contributed by atoms with Crippen LogP contribution in [-0.2, 0) is 4.79 Å². The van der Waals surface area contributed by atoms with E-state index in [4.69, 9.17) is 5.11 Å². The van der Waals surface area contributed by atoms with Crippen molar-refractivity contribution in [3.8, 4) is 0 Å². The number of anilines is 1. The zero-order chi connectivity index (χ0) is 16.1. The molecule has 0 aliphatic heterocycles. The fourth-order valence-corrected chi connectivity index (χ4v) is 3.07. The summed E-state index contributed by atoms with van der Waals surface area (Å²) in [7, 11) is 0. The van der Waals surface area contributed by atoms with Crippen molar-refractivity contribution in [3.63, 3.8) is 0 Å². The van der Waals surface area contributed by atoms with Crippen LogP contribution >= 0.6 is 43.6 Å². The zero-order valence-corrected chi connectivity index (χ0v) is 15.0. The number of thioether (sulfide) groups is 1. The molecular formula is C14H11Br2KN2O3S. The van der Waals surface area contributed by atoms with E-state index in [0.29, 0.717) is 0 Å². The Bertz CT molecular complexity index is 731. The van der Waals surface area contributed by atoms with E-state index in [1.807, 2.05) is 18.2 Å². The molecule has 0 unspecified atom stereocenters. The first-order chi connectivity index (χ1) is 10.5. The van der Waals surface area contributed by atoms with E-state index < -0.39 is 5.97 Å². The first-order valence-corrected chi connectivity index (χ1v) is 8.45. The average Bonchev–Trinajstić information content (AvgIpc) is 2.48. The number of hydrogen-bond acceptors (Lipinski definition) is 5. The molecule has 0 amide bonds. The average molecular weight is 486 g/mol. The van der Waals surface area contributed by atoms with E-state index in [9.17, 15) is 9.59 Å². The maximum atomic E-state index is 12.0. The van der Waals surface area contributed by atoms with Crippen molar-refractivity contribution in [2.75, 3.05) is 11.9 Å². The van der Waals surface area contributed by atoms with Crippen LogP contribution in [0.4, 0.5) is 5.69 Å². The van der Waals surface area contributed by atoms with Gasteiger partial charge in [-0.15, -0.1) is 0 Å². The van der Waals surface area contributed by atoms with E-state index in [-0.39, 0.29) is 73.6 Å². The van der Waals surface area contributed by atoms with Gasteiger partial charge in [-0.05, 0) is 58.0 Å². The van der Waals surface area contributed by atoms with Gasteiger partial charge in [-0.25, -0.2) is 9.78 Å². The Morgan fingerprint density at radius 3 is 2.70 bits per heavy atom. The second-order valence-electron chi connectivity index (χ2n) is 4.11. The molecule has 9 heteroatoms. The predicted molar refractivity (Wildman–Crippen MR) is 99.5 cm³/mol. The van der Waals surface area contributed by atoms with Crippen LogP contribution in [0.15, 0.2) is 50.5 Å². The second-order valence-corrected chi connectivity index (χ2v) is 6.93. The molecule has 2 N–H and O–H groups in total. The Labute approximate surface area is 196 Å². The Balaban J connectivity index is 0.00000264. The van der Waals surface area contributed by atoms with Gasteiger partial charge in [0.05, 0.1) is 12.1 Å². The molecule has 2 aromatic rings. The van der Waals surface area contributed by atoms with Crippen LogP contribution in [0.1, 0.15) is 10.4 Å². The molecule has 5 nitrogen and oxygen atoms in total. The Hall–Kier alpha value is 0.256. The summed E-state index contributed by atoms with van der Waals surface area (Å²) in [6.07, 6.45) is 1.46. The Morgan fingerprint density at radius 2 is 2.00 bits per heavy atom. The molecule has 0 fully saturated rings. The summed E-state index contributed by atoms with van der Waals surface area (Å²) >= 11 is 7.55. The number of aromatic nitrogens is 1. The second kappa shape index (κ2) is 10.3. The molecule has 0 atom stereocenters. The van der Waals surface area contributed by atoms with Crippen molar-refractivity contribution in [1.29, 1.82) is 0 Å². The summed E-state index contributed by atoms with van der Waals surface area (Å²) in [5, 5.41) is 12.0. The summed E-state index contributed by atoms with van der Waals surface area (Å²) in [6.45, 7) is 0.0509. The van der Waals surface area contributed by atoms with E-state index in [0.717, 1.165) is 26.4 Å². The van der Waals surface area contributed by atoms with Gasteiger partial charge in [0.25, 0.3) is 0 Å². The first kappa shape index (κ1) is 21.3. The maximum absolute atomic E-state index is 12.0. The normalized spacial score (nSPS) is 9.83. The summed E-state index contributed by atoms with van der Waals surface area (Å²) in [5.41, 5.74) is 0.785. The molecular weight excluding hydrogens is 475 g/mol. The molecule has 2 rings (SSSR count). The zero-order valence-electron chi connectivity index (χ0n) is 11.0. The molecule has 0 aliphatic carbocycles. The number of carbonyl (C=O) groups excluding carboxylic acids is 1. The molecule has 1 heterocycles. The molecule has 0 aliphatic rings. The molecule has 0 radical (unpaired) electrons. The topological polar surface area (TPSA) is 79.3 Å². The molecule has 0 bridgehead atoms. The van der Waals surface area contributed by atoms with Crippen molar-refractivity contribution >= 4 is 112 Å². The monoisotopic (exact) mass is 484 g/mol. The van der Waals surface area contributed by atoms with Crippen molar-refractivity contribution in [3.05, 3.63) is 51.0 Å². The third-order valence-corrected chi connectivity index (χ3v) is 4.64. The fraction of sp³-hybridized carbons (Fsp3) is 0.0714. The summed E-state index contributed by atoms with van der Waals surface area (Å²) in [5.74, 6) is -1.11. The number of carboxylic acids is 1. The molecule has 23 heavy (non-hydrogen) atoms. The molecule has 0 saturated carbocycles. The number of rotatable bonds is 5. The van der Waals surface area contributed by atoms with Crippen LogP contribution in [0.25, 0.3) is 0 Å². The number of carboxylic acid groups (broad SMARTS) is 1. The van der Waals surface area contributed by atoms with Gasteiger partial charge in [0.1, 0.15) is 5.03 Å². The van der Waals surface area contributed by atoms with Crippen LogP contribution < -0.4 is 5.32 Å². The molecule has 1 aromatic heterocycles. The summed E-state index contributed by atoms with van der Waals surface area (Å²) in [4.78, 5) is 27.0. The molecule has 1 aromatic carbocycles. The van der Waals surface area contributed by atoms with Crippen LogP contribution in [0.2, 0.25) is 0 Å². The Kier molecular flexibility index (Phi) is 9.53. The number of pyridine rings is 1. The minimum absolute atomic E-state index is 0. The number of hydrogen-bond donors (Lipinski definition) is 2. The third kappa shape index (κ3) is 6.58. The van der Waals surface area contributed by atoms with Crippen molar-refractivity contribution in [2.24, 2.45) is 0 Å². The summed E-state index contributed by atoms with van der Waals surface area (Å²) in [6, 6.07) is 8.51. The number of halogens is 2. The summed E-state index contributed by atoms with van der Waals surface area (Å²) < 4.78 is 1.72. The van der Waals surface area contributed by atoms with Gasteiger partial charge in [0.15, 0.2) is 0 Å². The minimum atomic E-state index is -1.11. The van der Waals surface area contributed by atoms with Gasteiger partial charge in [-0.3, -0.25) is 4.79 Å². The van der Waals surface area contributed by atoms with Gasteiger partial charge in [-0.2, -0.15) is 0 Å². The standard InChI is InChI=1S/C14H10Br2N2O3S.K.H/c15-8-3-4-10(16)11(6-8)18-7-12(19)22-13-9(14(20)21)2-1-5-17-13;;/h1-6,18H,7H2,(H,20,21);;. The van der Waals surface area contributed by atoms with Gasteiger partial charge in [0.2, 0.25) is 5.12 Å². The third-order valence-electron chi connectivity index (χ3n) is 2.56. The van der Waals surface area contributed by atoms with Crippen molar-refractivity contribution < 1.29 is 14.7 Å². The van der Waals surface area contributed by atoms with Crippen LogP contribution in [0.3, 0.4) is 0 Å².